The van der Waals surface area contributed by atoms with Gasteiger partial charge in [-0.2, -0.15) is 4.57 Å². The molecule has 12 nitrogen and oxygen atoms in total. The second-order valence-electron chi connectivity index (χ2n) is 5.82. The van der Waals surface area contributed by atoms with Crippen molar-refractivity contribution in [2.24, 2.45) is 0 Å². The van der Waals surface area contributed by atoms with E-state index in [1.54, 1.807) is 0 Å². The number of carboxylic acid groups (broad SMARTS) is 1. The molecule has 0 spiro atoms. The molecule has 2 rings (SSSR count). The first kappa shape index (κ1) is 21.9. The third kappa shape index (κ3) is 5.81. The van der Waals surface area contributed by atoms with Gasteiger partial charge in [-0.05, 0) is 6.07 Å². The normalized spacial score (nSPS) is 26.3. The Kier molecular flexibility index (Phi) is 6.86. The first-order valence-electron chi connectivity index (χ1n) is 7.90. The van der Waals surface area contributed by atoms with Gasteiger partial charge in [0.2, 0.25) is 6.10 Å². The summed E-state index contributed by atoms with van der Waals surface area (Å²) in [4.78, 5) is 53.9. The molecule has 2 N–H and O–H groups in total. The molecule has 1 aromatic rings. The molecule has 154 valence electrons. The molecule has 1 saturated heterocycles. The fraction of sp³-hybridized carbons (Fsp3) is 0.467. The number of pyridine rings is 1. The molecule has 0 saturated carbocycles. The van der Waals surface area contributed by atoms with E-state index in [0.29, 0.717) is 0 Å². The predicted octanol–water partition coefficient (Wildman–Crippen LogP) is -1.09. The minimum Gasteiger partial charge on any atom is -0.756 e. The van der Waals surface area contributed by atoms with E-state index in [9.17, 15) is 23.8 Å². The van der Waals surface area contributed by atoms with E-state index in [1.165, 1.54) is 29.1 Å². The summed E-state index contributed by atoms with van der Waals surface area (Å²) in [5, 5.41) is 9.14. The topological polar surface area (TPSA) is 173 Å². The number of hydrogen-bond donors (Lipinski definition) is 2. The summed E-state index contributed by atoms with van der Waals surface area (Å²) in [5.41, 5.74) is -0.101. The van der Waals surface area contributed by atoms with E-state index < -0.39 is 56.9 Å². The molecule has 0 aromatic carbocycles. The fourth-order valence-corrected chi connectivity index (χ4v) is 3.01. The van der Waals surface area contributed by atoms with Crippen LogP contribution >= 0.6 is 7.82 Å². The maximum Gasteiger partial charge on any atom is 0.341 e. The van der Waals surface area contributed by atoms with Crippen molar-refractivity contribution in [3.05, 3.63) is 30.1 Å². The number of esters is 2. The Morgan fingerprint density at radius 3 is 2.39 bits per heavy atom. The van der Waals surface area contributed by atoms with E-state index in [4.69, 9.17) is 24.2 Å². The molecular formula is C15H18NO11P. The molecule has 0 aliphatic carbocycles. The van der Waals surface area contributed by atoms with Crippen LogP contribution in [0.25, 0.3) is 0 Å². The molecule has 28 heavy (non-hydrogen) atoms. The van der Waals surface area contributed by atoms with Gasteiger partial charge in [0.1, 0.15) is 11.7 Å². The summed E-state index contributed by atoms with van der Waals surface area (Å²) in [6.07, 6.45) is -2.30. The quantitative estimate of drug-likeness (QED) is 0.312. The Bertz CT molecular complexity index is 807. The van der Waals surface area contributed by atoms with Crippen LogP contribution in [0.1, 0.15) is 30.4 Å². The largest absolute Gasteiger partial charge is 0.756 e. The molecule has 1 aliphatic heterocycles. The molecule has 0 bridgehead atoms. The van der Waals surface area contributed by atoms with Crippen LogP contribution in [0.5, 0.6) is 0 Å². The van der Waals surface area contributed by atoms with Gasteiger partial charge in [0.05, 0.1) is 6.61 Å². The van der Waals surface area contributed by atoms with E-state index in [2.05, 4.69) is 4.52 Å². The summed E-state index contributed by atoms with van der Waals surface area (Å²) in [5.74, 6) is -2.74. The number of hydrogen-bond acceptors (Lipinski definition) is 9. The number of carbonyl (C=O) groups is 3. The van der Waals surface area contributed by atoms with Crippen molar-refractivity contribution >= 4 is 25.7 Å². The first-order chi connectivity index (χ1) is 13.0. The number of phosphoric acid groups is 1. The van der Waals surface area contributed by atoms with Gasteiger partial charge in [0.25, 0.3) is 7.82 Å². The Hall–Kier alpha value is -2.37. The maximum atomic E-state index is 11.5. The van der Waals surface area contributed by atoms with E-state index in [-0.39, 0.29) is 5.56 Å². The van der Waals surface area contributed by atoms with Crippen molar-refractivity contribution in [2.45, 2.75) is 38.4 Å². The second kappa shape index (κ2) is 8.76. The molecule has 1 fully saturated rings. The molecule has 0 radical (unpaired) electrons. The lowest BCUT2D eigenvalue weighted by Crippen LogP contribution is -2.48. The van der Waals surface area contributed by atoms with Crippen LogP contribution in [-0.4, -0.2) is 52.8 Å². The molecule has 1 aromatic heterocycles. The Morgan fingerprint density at radius 2 is 1.86 bits per heavy atom. The minimum atomic E-state index is -5.10. The number of nitrogens with zero attached hydrogens (tertiary/aromatic N) is 1. The summed E-state index contributed by atoms with van der Waals surface area (Å²) < 4.78 is 32.4. The Labute approximate surface area is 158 Å². The number of aromatic nitrogens is 1. The van der Waals surface area contributed by atoms with Gasteiger partial charge in [0, 0.05) is 19.9 Å². The van der Waals surface area contributed by atoms with Gasteiger partial charge in [-0.15, -0.1) is 0 Å². The number of ether oxygens (including phenoxy) is 3. The lowest BCUT2D eigenvalue weighted by atomic mass is 10.1. The zero-order valence-electron chi connectivity index (χ0n) is 14.8. The van der Waals surface area contributed by atoms with Gasteiger partial charge >= 0.3 is 24.1 Å². The van der Waals surface area contributed by atoms with E-state index in [0.717, 1.165) is 13.8 Å². The third-order valence-electron chi connectivity index (χ3n) is 3.65. The number of carboxylic acids is 1. The Balaban J connectivity index is 2.39. The standard InChI is InChI=1S/C15H18NO11P/c1-8(17)25-12-11(7-24-28(21,22)23)27-14(13(12)26-9(2)18)16-5-3-4-10(6-16)15(19)20/h3-6,11-14H,7H2,1-2H3,(H2-,19,20,21,22,23)/t11-,12?,13?,14-/m1/s1. The van der Waals surface area contributed by atoms with Crippen LogP contribution in [0.3, 0.4) is 0 Å². The zero-order valence-corrected chi connectivity index (χ0v) is 15.7. The monoisotopic (exact) mass is 419 g/mol. The van der Waals surface area contributed by atoms with Gasteiger partial charge in [-0.3, -0.25) is 14.2 Å². The summed E-state index contributed by atoms with van der Waals surface area (Å²) in [7, 11) is -5.10. The fourth-order valence-electron chi connectivity index (χ4n) is 2.68. The van der Waals surface area contributed by atoms with Crippen LogP contribution in [-0.2, 0) is 32.9 Å². The first-order valence-corrected chi connectivity index (χ1v) is 9.40. The Morgan fingerprint density at radius 1 is 1.25 bits per heavy atom. The smallest absolute Gasteiger partial charge is 0.341 e. The van der Waals surface area contributed by atoms with Crippen LogP contribution in [0.4, 0.5) is 0 Å². The van der Waals surface area contributed by atoms with Crippen LogP contribution in [0.15, 0.2) is 24.5 Å². The highest BCUT2D eigenvalue weighted by Crippen LogP contribution is 2.36. The highest BCUT2D eigenvalue weighted by Gasteiger charge is 2.54. The van der Waals surface area contributed by atoms with Crippen molar-refractivity contribution in [3.63, 3.8) is 0 Å². The number of phosphoric ester groups is 1. The molecule has 2 heterocycles. The molecule has 3 unspecified atom stereocenters. The number of aromatic carboxylic acids is 1. The SMILES string of the molecule is CC(=O)OC1C(OC(C)=O)[C@@H](COP(=O)([O-])O)O[C@H]1[n+]1cccc(C(=O)O)c1. The highest BCUT2D eigenvalue weighted by molar-refractivity contribution is 7.44. The van der Waals surface area contributed by atoms with Crippen LogP contribution in [0, 0.1) is 0 Å². The highest BCUT2D eigenvalue weighted by atomic mass is 31.2. The van der Waals surface area contributed by atoms with Gasteiger partial charge in [-0.25, -0.2) is 4.79 Å². The van der Waals surface area contributed by atoms with Crippen molar-refractivity contribution in [1.82, 2.24) is 0 Å². The van der Waals surface area contributed by atoms with Gasteiger partial charge in [0.15, 0.2) is 18.5 Å². The average molecular weight is 419 g/mol. The third-order valence-corrected chi connectivity index (χ3v) is 4.13. The lowest BCUT2D eigenvalue weighted by Gasteiger charge is -2.23. The zero-order chi connectivity index (χ0) is 21.1. The van der Waals surface area contributed by atoms with E-state index >= 15 is 0 Å². The molecule has 0 amide bonds. The minimum absolute atomic E-state index is 0.101. The van der Waals surface area contributed by atoms with E-state index in [1.807, 2.05) is 0 Å². The van der Waals surface area contributed by atoms with Gasteiger partial charge in [-0.1, -0.05) is 0 Å². The van der Waals surface area contributed by atoms with Crippen molar-refractivity contribution in [3.8, 4) is 0 Å². The average Bonchev–Trinajstić information content (AvgIpc) is 2.89. The molecule has 13 heteroatoms. The summed E-state index contributed by atoms with van der Waals surface area (Å²) >= 11 is 0. The van der Waals surface area contributed by atoms with Gasteiger partial charge < -0.3 is 33.6 Å². The molecular weight excluding hydrogens is 401 g/mol. The second-order valence-corrected chi connectivity index (χ2v) is 7.02. The van der Waals surface area contributed by atoms with Crippen molar-refractivity contribution < 1.29 is 57.1 Å². The van der Waals surface area contributed by atoms with Crippen molar-refractivity contribution in [2.75, 3.05) is 6.61 Å². The van der Waals surface area contributed by atoms with Crippen LogP contribution in [0.2, 0.25) is 0 Å². The maximum absolute atomic E-state index is 11.5. The molecule has 5 atom stereocenters. The van der Waals surface area contributed by atoms with Crippen molar-refractivity contribution in [1.29, 1.82) is 0 Å². The predicted molar refractivity (Wildman–Crippen MR) is 84.4 cm³/mol. The number of rotatable bonds is 7. The lowest BCUT2D eigenvalue weighted by molar-refractivity contribution is -0.765. The number of carbonyl (C=O) groups excluding carboxylic acids is 2. The van der Waals surface area contributed by atoms with Crippen LogP contribution < -0.4 is 9.46 Å². The molecule has 1 aliphatic rings. The summed E-state index contributed by atoms with van der Waals surface area (Å²) in [6, 6.07) is 2.72. The summed E-state index contributed by atoms with van der Waals surface area (Å²) in [6.45, 7) is 1.45.